The number of hydrogen-bond acceptors (Lipinski definition) is 5. The minimum Gasteiger partial charge on any atom is -0.377 e. The molecule has 0 aromatic heterocycles. The third kappa shape index (κ3) is 3.25. The Labute approximate surface area is 61.6 Å². The third-order valence-electron chi connectivity index (χ3n) is 1.09. The first-order valence-corrected chi connectivity index (χ1v) is 5.06. The quantitative estimate of drug-likeness (QED) is 0.416. The molecule has 0 saturated carbocycles. The van der Waals surface area contributed by atoms with Crippen LogP contribution in [0.5, 0.6) is 0 Å². The summed E-state index contributed by atoms with van der Waals surface area (Å²) in [5.74, 6) is 0. The van der Waals surface area contributed by atoms with Gasteiger partial charge in [0.15, 0.2) is 6.35 Å². The van der Waals surface area contributed by atoms with Crippen LogP contribution in [0.4, 0.5) is 0 Å². The molecule has 0 fully saturated rings. The first-order chi connectivity index (χ1) is 4.54. The fraction of sp³-hybridized carbons (Fsp3) is 1.00. The lowest BCUT2D eigenvalue weighted by atomic mass is 11.1. The summed E-state index contributed by atoms with van der Waals surface area (Å²) in [5.41, 5.74) is 10.3. The van der Waals surface area contributed by atoms with Gasteiger partial charge in [-0.25, -0.2) is 0 Å². The van der Waals surface area contributed by atoms with Crippen LogP contribution in [0.25, 0.3) is 0 Å². The van der Waals surface area contributed by atoms with Gasteiger partial charge in [0.25, 0.3) is 0 Å². The molecule has 4 N–H and O–H groups in total. The lowest BCUT2D eigenvalue weighted by molar-refractivity contribution is 0.0667. The van der Waals surface area contributed by atoms with Gasteiger partial charge in [0.2, 0.25) is 0 Å². The molecule has 6 heteroatoms. The molecule has 0 heterocycles. The van der Waals surface area contributed by atoms with Gasteiger partial charge in [0.1, 0.15) is 0 Å². The zero-order chi connectivity index (χ0) is 8.20. The lowest BCUT2D eigenvalue weighted by Crippen LogP contribution is -2.49. The van der Waals surface area contributed by atoms with E-state index in [1.165, 1.54) is 14.2 Å². The molecule has 0 aliphatic heterocycles. The van der Waals surface area contributed by atoms with E-state index in [1.54, 1.807) is 6.55 Å². The Morgan fingerprint density at radius 2 is 1.60 bits per heavy atom. The highest BCUT2D eigenvalue weighted by atomic mass is 28.4. The van der Waals surface area contributed by atoms with E-state index in [2.05, 4.69) is 0 Å². The highest BCUT2D eigenvalue weighted by Crippen LogP contribution is 2.05. The highest BCUT2D eigenvalue weighted by molar-refractivity contribution is 6.59. The predicted molar refractivity (Wildman–Crippen MR) is 38.9 cm³/mol. The minimum absolute atomic E-state index is 0.837. The molecule has 0 aromatic carbocycles. The average Bonchev–Trinajstić information content (AvgIpc) is 1.87. The van der Waals surface area contributed by atoms with Crippen LogP contribution in [0.15, 0.2) is 0 Å². The normalized spacial score (nSPS) is 12.6. The molecular weight excluding hydrogens is 152 g/mol. The number of hydrogen-bond donors (Lipinski definition) is 2. The molecule has 0 aromatic rings. The third-order valence-corrected chi connectivity index (χ3v) is 3.28. The molecular formula is C4H14N2O3Si. The van der Waals surface area contributed by atoms with E-state index < -0.39 is 15.2 Å². The van der Waals surface area contributed by atoms with E-state index in [0.29, 0.717) is 0 Å². The van der Waals surface area contributed by atoms with Crippen LogP contribution >= 0.6 is 0 Å². The molecule has 0 bridgehead atoms. The fourth-order valence-electron chi connectivity index (χ4n) is 0.427. The van der Waals surface area contributed by atoms with Gasteiger partial charge in [-0.05, 0) is 0 Å². The molecule has 5 nitrogen and oxygen atoms in total. The van der Waals surface area contributed by atoms with Gasteiger partial charge in [-0.2, -0.15) is 0 Å². The van der Waals surface area contributed by atoms with Gasteiger partial charge in [-0.3, -0.25) is 11.5 Å². The summed E-state index contributed by atoms with van der Waals surface area (Å²) >= 11 is 0. The van der Waals surface area contributed by atoms with Crippen LogP contribution < -0.4 is 11.5 Å². The summed E-state index contributed by atoms with van der Waals surface area (Å²) in [7, 11) is 0.486. The summed E-state index contributed by atoms with van der Waals surface area (Å²) < 4.78 is 14.9. The van der Waals surface area contributed by atoms with Gasteiger partial charge >= 0.3 is 8.80 Å². The molecule has 0 radical (unpaired) electrons. The molecule has 0 atom stereocenters. The maximum Gasteiger partial charge on any atom is 0.499 e. The Balaban J connectivity index is 3.80. The molecule has 0 aliphatic rings. The van der Waals surface area contributed by atoms with Gasteiger partial charge in [0.05, 0.1) is 0 Å². The van der Waals surface area contributed by atoms with Crippen molar-refractivity contribution in [2.45, 2.75) is 12.9 Å². The summed E-state index contributed by atoms with van der Waals surface area (Å²) in [5, 5.41) is 0. The minimum atomic E-state index is -2.51. The molecule has 0 spiro atoms. The van der Waals surface area contributed by atoms with E-state index in [-0.39, 0.29) is 0 Å². The smallest absolute Gasteiger partial charge is 0.377 e. The second-order valence-electron chi connectivity index (χ2n) is 1.85. The number of rotatable bonds is 4. The fourth-order valence-corrected chi connectivity index (χ4v) is 1.28. The zero-order valence-corrected chi connectivity index (χ0v) is 7.46. The SMILES string of the molecule is CO[Si](C)(OC)OC(N)N. The largest absolute Gasteiger partial charge is 0.499 e. The van der Waals surface area contributed by atoms with Crippen molar-refractivity contribution in [2.24, 2.45) is 11.5 Å². The van der Waals surface area contributed by atoms with Crippen molar-refractivity contribution in [1.82, 2.24) is 0 Å². The van der Waals surface area contributed by atoms with Crippen LogP contribution in [0.1, 0.15) is 0 Å². The van der Waals surface area contributed by atoms with Crippen molar-refractivity contribution in [3.05, 3.63) is 0 Å². The van der Waals surface area contributed by atoms with Crippen molar-refractivity contribution >= 4 is 8.80 Å². The summed E-state index contributed by atoms with van der Waals surface area (Å²) in [6, 6.07) is 0. The van der Waals surface area contributed by atoms with Crippen LogP contribution in [-0.2, 0) is 13.3 Å². The maximum atomic E-state index is 5.16. The Bertz CT molecular complexity index is 96.5. The van der Waals surface area contributed by atoms with Crippen LogP contribution in [0, 0.1) is 0 Å². The van der Waals surface area contributed by atoms with Crippen molar-refractivity contribution in [1.29, 1.82) is 0 Å². The Morgan fingerprint density at radius 1 is 1.20 bits per heavy atom. The van der Waals surface area contributed by atoms with Crippen LogP contribution in [0.2, 0.25) is 6.55 Å². The monoisotopic (exact) mass is 166 g/mol. The summed E-state index contributed by atoms with van der Waals surface area (Å²) in [4.78, 5) is 0. The van der Waals surface area contributed by atoms with Crippen molar-refractivity contribution < 1.29 is 13.3 Å². The van der Waals surface area contributed by atoms with E-state index in [0.717, 1.165) is 0 Å². The van der Waals surface area contributed by atoms with Crippen molar-refractivity contribution in [2.75, 3.05) is 14.2 Å². The lowest BCUT2D eigenvalue weighted by Gasteiger charge is -2.23. The Hall–Kier alpha value is 0.0169. The molecule has 0 amide bonds. The van der Waals surface area contributed by atoms with Gasteiger partial charge < -0.3 is 13.3 Å². The standard InChI is InChI=1S/C4H14N2O3Si/c1-7-10(3,8-2)9-4(5)6/h4H,5-6H2,1-3H3. The van der Waals surface area contributed by atoms with E-state index in [9.17, 15) is 0 Å². The Morgan fingerprint density at radius 3 is 1.70 bits per heavy atom. The molecule has 0 saturated heterocycles. The molecule has 0 rings (SSSR count). The van der Waals surface area contributed by atoms with Gasteiger partial charge in [-0.15, -0.1) is 0 Å². The highest BCUT2D eigenvalue weighted by Gasteiger charge is 2.33. The van der Waals surface area contributed by atoms with E-state index in [1.807, 2.05) is 0 Å². The predicted octanol–water partition coefficient (Wildman–Crippen LogP) is -0.934. The molecule has 0 unspecified atom stereocenters. The first-order valence-electron chi connectivity index (χ1n) is 2.83. The molecule has 62 valence electrons. The van der Waals surface area contributed by atoms with Gasteiger partial charge in [0, 0.05) is 20.8 Å². The maximum absolute atomic E-state index is 5.16. The average molecular weight is 166 g/mol. The summed E-state index contributed by atoms with van der Waals surface area (Å²) in [6.45, 7) is 1.71. The summed E-state index contributed by atoms with van der Waals surface area (Å²) in [6.07, 6.45) is -0.837. The van der Waals surface area contributed by atoms with Crippen molar-refractivity contribution in [3.8, 4) is 0 Å². The van der Waals surface area contributed by atoms with E-state index >= 15 is 0 Å². The Kier molecular flexibility index (Phi) is 4.02. The van der Waals surface area contributed by atoms with Gasteiger partial charge in [-0.1, -0.05) is 0 Å². The van der Waals surface area contributed by atoms with Crippen LogP contribution in [-0.4, -0.2) is 29.4 Å². The second-order valence-corrected chi connectivity index (χ2v) is 4.63. The van der Waals surface area contributed by atoms with E-state index in [4.69, 9.17) is 24.7 Å². The molecule has 10 heavy (non-hydrogen) atoms. The topological polar surface area (TPSA) is 79.7 Å². The van der Waals surface area contributed by atoms with Crippen molar-refractivity contribution in [3.63, 3.8) is 0 Å². The molecule has 0 aliphatic carbocycles. The second kappa shape index (κ2) is 4.01. The number of nitrogens with two attached hydrogens (primary N) is 2. The first kappa shape index (κ1) is 10.0. The zero-order valence-electron chi connectivity index (χ0n) is 6.46. The van der Waals surface area contributed by atoms with Crippen LogP contribution in [0.3, 0.4) is 0 Å².